The molecular formula is C24H26N4O2. The zero-order valence-corrected chi connectivity index (χ0v) is 17.0. The van der Waals surface area contributed by atoms with Crippen LogP contribution in [0.5, 0.6) is 0 Å². The van der Waals surface area contributed by atoms with E-state index in [-0.39, 0.29) is 0 Å². The maximum absolute atomic E-state index is 5.48. The Morgan fingerprint density at radius 1 is 0.700 bits per heavy atom. The average molecular weight is 402 g/mol. The third-order valence-electron chi connectivity index (χ3n) is 6.10. The van der Waals surface area contributed by atoms with E-state index in [9.17, 15) is 0 Å². The van der Waals surface area contributed by atoms with Gasteiger partial charge < -0.3 is 18.6 Å². The molecule has 154 valence electrons. The van der Waals surface area contributed by atoms with Crippen molar-refractivity contribution in [2.75, 3.05) is 13.2 Å². The van der Waals surface area contributed by atoms with Gasteiger partial charge in [0, 0.05) is 12.8 Å². The number of rotatable bonds is 9. The normalized spacial score (nSPS) is 20.3. The number of unbranched alkanes of at least 4 members (excludes halogenated alkanes) is 1. The van der Waals surface area contributed by atoms with Crippen molar-refractivity contribution in [3.8, 4) is 0 Å². The van der Waals surface area contributed by atoms with Crippen LogP contribution in [0.2, 0.25) is 0 Å². The zero-order chi connectivity index (χ0) is 19.9. The van der Waals surface area contributed by atoms with E-state index in [1.54, 1.807) is 0 Å². The largest absolute Gasteiger partial charge is 0.371 e. The SMILES string of the molecule is c1ccc2c(c1)nc(CCCCc1nc3ccccc3n1C[C@@H]1CO1)n2C[C@H]1CO1. The molecule has 2 aromatic heterocycles. The Balaban J connectivity index is 1.16. The van der Waals surface area contributed by atoms with Gasteiger partial charge in [0.1, 0.15) is 11.6 Å². The van der Waals surface area contributed by atoms with Crippen molar-refractivity contribution in [2.45, 2.75) is 51.0 Å². The second-order valence-electron chi connectivity index (χ2n) is 8.37. The second kappa shape index (κ2) is 7.52. The highest BCUT2D eigenvalue weighted by molar-refractivity contribution is 5.76. The first-order chi connectivity index (χ1) is 14.8. The van der Waals surface area contributed by atoms with Gasteiger partial charge in [-0.3, -0.25) is 0 Å². The van der Waals surface area contributed by atoms with Gasteiger partial charge in [0.2, 0.25) is 0 Å². The fourth-order valence-electron chi connectivity index (χ4n) is 4.36. The lowest BCUT2D eigenvalue weighted by Crippen LogP contribution is -2.10. The van der Waals surface area contributed by atoms with Crippen molar-refractivity contribution in [3.63, 3.8) is 0 Å². The van der Waals surface area contributed by atoms with Gasteiger partial charge in [0.25, 0.3) is 0 Å². The van der Waals surface area contributed by atoms with Gasteiger partial charge in [-0.25, -0.2) is 9.97 Å². The molecule has 0 aliphatic carbocycles. The number of nitrogens with zero attached hydrogens (tertiary/aromatic N) is 4. The number of hydrogen-bond acceptors (Lipinski definition) is 4. The number of imidazole rings is 2. The summed E-state index contributed by atoms with van der Waals surface area (Å²) in [6.45, 7) is 3.56. The van der Waals surface area contributed by atoms with Crippen molar-refractivity contribution in [2.24, 2.45) is 0 Å². The quantitative estimate of drug-likeness (QED) is 0.316. The van der Waals surface area contributed by atoms with E-state index in [0.29, 0.717) is 12.2 Å². The maximum atomic E-state index is 5.48. The van der Waals surface area contributed by atoms with Crippen LogP contribution in [0.3, 0.4) is 0 Å². The number of benzene rings is 2. The molecule has 2 saturated heterocycles. The molecule has 2 aliphatic heterocycles. The molecule has 0 amide bonds. The lowest BCUT2D eigenvalue weighted by Gasteiger charge is -2.09. The molecular weight excluding hydrogens is 376 g/mol. The first-order valence-electron chi connectivity index (χ1n) is 11.0. The lowest BCUT2D eigenvalue weighted by molar-refractivity contribution is 0.381. The highest BCUT2D eigenvalue weighted by atomic mass is 16.6. The number of hydrogen-bond donors (Lipinski definition) is 0. The van der Waals surface area contributed by atoms with Crippen molar-refractivity contribution in [1.29, 1.82) is 0 Å². The van der Waals surface area contributed by atoms with Crippen LogP contribution in [0.25, 0.3) is 22.1 Å². The summed E-state index contributed by atoms with van der Waals surface area (Å²) in [6, 6.07) is 16.8. The summed E-state index contributed by atoms with van der Waals surface area (Å²) >= 11 is 0. The van der Waals surface area contributed by atoms with E-state index >= 15 is 0 Å². The van der Waals surface area contributed by atoms with Crippen LogP contribution in [-0.2, 0) is 35.4 Å². The molecule has 4 heterocycles. The molecule has 0 spiro atoms. The molecule has 6 nitrogen and oxygen atoms in total. The number of epoxide rings is 2. The second-order valence-corrected chi connectivity index (χ2v) is 8.37. The average Bonchev–Trinajstić information content (AvgIpc) is 3.69. The molecule has 2 aromatic carbocycles. The molecule has 6 rings (SSSR count). The van der Waals surface area contributed by atoms with Crippen LogP contribution in [0.4, 0.5) is 0 Å². The summed E-state index contributed by atoms with van der Waals surface area (Å²) in [6.07, 6.45) is 4.85. The zero-order valence-electron chi connectivity index (χ0n) is 17.0. The number of ether oxygens (including phenoxy) is 2. The Kier molecular flexibility index (Phi) is 4.54. The molecule has 0 saturated carbocycles. The minimum absolute atomic E-state index is 0.353. The van der Waals surface area contributed by atoms with E-state index in [1.807, 2.05) is 0 Å². The fraction of sp³-hybridized carbons (Fsp3) is 0.417. The number of para-hydroxylation sites is 4. The van der Waals surface area contributed by atoms with Crippen LogP contribution in [-0.4, -0.2) is 44.5 Å². The van der Waals surface area contributed by atoms with Gasteiger partial charge in [0.15, 0.2) is 0 Å². The molecule has 4 aromatic rings. The standard InChI is InChI=1S/C24H26N4O2/c1-3-9-21-19(7-1)25-23(27(21)13-17-15-29-17)11-5-6-12-24-26-20-8-2-4-10-22(20)28(24)14-18-16-30-18/h1-4,7-10,17-18H,5-6,11-16H2/t17-,18+. The summed E-state index contributed by atoms with van der Waals surface area (Å²) in [7, 11) is 0. The third-order valence-corrected chi connectivity index (χ3v) is 6.10. The molecule has 0 bridgehead atoms. The first-order valence-corrected chi connectivity index (χ1v) is 11.0. The highest BCUT2D eigenvalue weighted by Crippen LogP contribution is 2.24. The monoisotopic (exact) mass is 402 g/mol. The van der Waals surface area contributed by atoms with Crippen LogP contribution >= 0.6 is 0 Å². The Bertz CT molecular complexity index is 1090. The predicted molar refractivity (Wildman–Crippen MR) is 116 cm³/mol. The number of aryl methyl sites for hydroxylation is 2. The van der Waals surface area contributed by atoms with Crippen LogP contribution in [0.1, 0.15) is 24.5 Å². The fourth-order valence-corrected chi connectivity index (χ4v) is 4.36. The van der Waals surface area contributed by atoms with Gasteiger partial charge in [-0.1, -0.05) is 24.3 Å². The molecule has 6 heteroatoms. The van der Waals surface area contributed by atoms with E-state index in [2.05, 4.69) is 57.7 Å². The minimum atomic E-state index is 0.353. The molecule has 2 aliphatic rings. The Hall–Kier alpha value is -2.70. The minimum Gasteiger partial charge on any atom is -0.371 e. The van der Waals surface area contributed by atoms with Gasteiger partial charge in [0.05, 0.1) is 60.6 Å². The molecule has 0 N–H and O–H groups in total. The van der Waals surface area contributed by atoms with Gasteiger partial charge in [-0.2, -0.15) is 0 Å². The van der Waals surface area contributed by atoms with Gasteiger partial charge in [-0.15, -0.1) is 0 Å². The Morgan fingerprint density at radius 2 is 1.13 bits per heavy atom. The lowest BCUT2D eigenvalue weighted by atomic mass is 10.1. The van der Waals surface area contributed by atoms with Crippen LogP contribution in [0, 0.1) is 0 Å². The van der Waals surface area contributed by atoms with Crippen molar-refractivity contribution < 1.29 is 9.47 Å². The molecule has 0 radical (unpaired) electrons. The molecule has 2 atom stereocenters. The van der Waals surface area contributed by atoms with Crippen molar-refractivity contribution >= 4 is 22.1 Å². The highest BCUT2D eigenvalue weighted by Gasteiger charge is 2.26. The maximum Gasteiger partial charge on any atom is 0.109 e. The van der Waals surface area contributed by atoms with E-state index < -0.39 is 0 Å². The first kappa shape index (κ1) is 18.1. The smallest absolute Gasteiger partial charge is 0.109 e. The van der Waals surface area contributed by atoms with Gasteiger partial charge in [-0.05, 0) is 37.1 Å². The Morgan fingerprint density at radius 3 is 1.57 bits per heavy atom. The van der Waals surface area contributed by atoms with E-state index in [1.165, 1.54) is 22.7 Å². The topological polar surface area (TPSA) is 60.7 Å². The Labute approximate surface area is 175 Å². The number of aromatic nitrogens is 4. The van der Waals surface area contributed by atoms with Crippen LogP contribution < -0.4 is 0 Å². The van der Waals surface area contributed by atoms with Crippen molar-refractivity contribution in [1.82, 2.24) is 19.1 Å². The molecule has 0 unspecified atom stereocenters. The number of fused-ring (bicyclic) bond motifs is 2. The van der Waals surface area contributed by atoms with Gasteiger partial charge >= 0.3 is 0 Å². The van der Waals surface area contributed by atoms with Crippen LogP contribution in [0.15, 0.2) is 48.5 Å². The van der Waals surface area contributed by atoms with Crippen molar-refractivity contribution in [3.05, 3.63) is 60.2 Å². The summed E-state index contributed by atoms with van der Waals surface area (Å²) in [5, 5.41) is 0. The summed E-state index contributed by atoms with van der Waals surface area (Å²) in [5.41, 5.74) is 4.60. The van der Waals surface area contributed by atoms with E-state index in [4.69, 9.17) is 19.4 Å². The summed E-state index contributed by atoms with van der Waals surface area (Å²) in [4.78, 5) is 9.82. The third kappa shape index (κ3) is 3.61. The predicted octanol–water partition coefficient (Wildman–Crippen LogP) is 3.75. The summed E-state index contributed by atoms with van der Waals surface area (Å²) in [5.74, 6) is 2.35. The summed E-state index contributed by atoms with van der Waals surface area (Å²) < 4.78 is 15.7. The molecule has 2 fully saturated rings. The van der Waals surface area contributed by atoms with E-state index in [0.717, 1.165) is 63.0 Å². The molecule has 30 heavy (non-hydrogen) atoms.